The van der Waals surface area contributed by atoms with Gasteiger partial charge < -0.3 is 9.79 Å². The lowest BCUT2D eigenvalue weighted by molar-refractivity contribution is 0.308. The Morgan fingerprint density at radius 2 is 1.35 bits per heavy atom. The summed E-state index contributed by atoms with van der Waals surface area (Å²) in [6, 6.07) is 0. The van der Waals surface area contributed by atoms with E-state index >= 15 is 0 Å². The van der Waals surface area contributed by atoms with Crippen molar-refractivity contribution < 1.29 is 14.4 Å². The second-order valence-corrected chi connectivity index (χ2v) is 7.86. The molecular formula is C16H35O3P. The maximum atomic E-state index is 11.7. The lowest BCUT2D eigenvalue weighted by Crippen LogP contribution is -2.20. The highest BCUT2D eigenvalue weighted by molar-refractivity contribution is 7.52. The average Bonchev–Trinajstić information content (AvgIpc) is 2.39. The summed E-state index contributed by atoms with van der Waals surface area (Å²) >= 11 is 0. The minimum absolute atomic E-state index is 0.188. The molecule has 0 saturated heterocycles. The molecule has 0 amide bonds. The van der Waals surface area contributed by atoms with Crippen LogP contribution in [0.5, 0.6) is 0 Å². The Hall–Kier alpha value is 0.150. The van der Waals surface area contributed by atoms with E-state index in [0.29, 0.717) is 6.42 Å². The van der Waals surface area contributed by atoms with Crippen molar-refractivity contribution in [3.05, 3.63) is 0 Å². The van der Waals surface area contributed by atoms with Crippen molar-refractivity contribution in [2.24, 2.45) is 5.92 Å². The molecule has 0 aromatic carbocycles. The molecule has 3 nitrogen and oxygen atoms in total. The van der Waals surface area contributed by atoms with Gasteiger partial charge in [0.15, 0.2) is 0 Å². The highest BCUT2D eigenvalue weighted by Gasteiger charge is 2.34. The number of rotatable bonds is 13. The van der Waals surface area contributed by atoms with Gasteiger partial charge in [0.2, 0.25) is 0 Å². The standard InChI is InChI=1S/C16H35O3P/c1-4-7-9-10-11-12-13-15(6-3)16(14-8-5-2)20(17,18)19/h15-16H,4-14H2,1-3H3,(H2,17,18,19). The molecule has 2 atom stereocenters. The van der Waals surface area contributed by atoms with Gasteiger partial charge in [-0.15, -0.1) is 0 Å². The molecule has 0 aromatic heterocycles. The third kappa shape index (κ3) is 9.15. The molecule has 122 valence electrons. The van der Waals surface area contributed by atoms with Gasteiger partial charge in [-0.2, -0.15) is 0 Å². The minimum atomic E-state index is -3.94. The predicted octanol–water partition coefficient (Wildman–Crippen LogP) is 5.50. The van der Waals surface area contributed by atoms with Crippen LogP contribution >= 0.6 is 7.60 Å². The van der Waals surface area contributed by atoms with Gasteiger partial charge in [0.05, 0.1) is 5.66 Å². The predicted molar refractivity (Wildman–Crippen MR) is 87.1 cm³/mol. The Morgan fingerprint density at radius 3 is 1.85 bits per heavy atom. The molecule has 0 radical (unpaired) electrons. The number of unbranched alkanes of at least 4 members (excludes halogenated alkanes) is 6. The Balaban J connectivity index is 4.19. The summed E-state index contributed by atoms with van der Waals surface area (Å²) in [6.45, 7) is 6.35. The van der Waals surface area contributed by atoms with Gasteiger partial charge in [-0.3, -0.25) is 4.57 Å². The molecule has 0 fully saturated rings. The van der Waals surface area contributed by atoms with E-state index < -0.39 is 13.3 Å². The van der Waals surface area contributed by atoms with E-state index in [1.165, 1.54) is 32.1 Å². The molecule has 20 heavy (non-hydrogen) atoms. The van der Waals surface area contributed by atoms with Gasteiger partial charge in [0.1, 0.15) is 0 Å². The van der Waals surface area contributed by atoms with Crippen LogP contribution in [-0.2, 0) is 4.57 Å². The average molecular weight is 306 g/mol. The van der Waals surface area contributed by atoms with Crippen molar-refractivity contribution in [1.82, 2.24) is 0 Å². The molecule has 0 aliphatic rings. The fraction of sp³-hybridized carbons (Fsp3) is 1.00. The molecule has 2 N–H and O–H groups in total. The van der Waals surface area contributed by atoms with E-state index in [2.05, 4.69) is 20.8 Å². The van der Waals surface area contributed by atoms with Crippen LogP contribution in [0.1, 0.15) is 91.4 Å². The molecule has 0 aliphatic heterocycles. The van der Waals surface area contributed by atoms with Crippen LogP contribution in [0, 0.1) is 5.92 Å². The zero-order valence-electron chi connectivity index (χ0n) is 13.7. The topological polar surface area (TPSA) is 57.5 Å². The largest absolute Gasteiger partial charge is 0.328 e. The third-order valence-electron chi connectivity index (χ3n) is 4.28. The first-order chi connectivity index (χ1) is 9.47. The summed E-state index contributed by atoms with van der Waals surface area (Å²) in [5, 5.41) is 0. The van der Waals surface area contributed by atoms with Crippen LogP contribution in [0.4, 0.5) is 0 Å². The fourth-order valence-corrected chi connectivity index (χ4v) is 4.38. The summed E-state index contributed by atoms with van der Waals surface area (Å²) in [6.07, 6.45) is 11.9. The van der Waals surface area contributed by atoms with Crippen molar-refractivity contribution in [3.8, 4) is 0 Å². The summed E-state index contributed by atoms with van der Waals surface area (Å²) in [5.74, 6) is 0.188. The van der Waals surface area contributed by atoms with Crippen molar-refractivity contribution >= 4 is 7.60 Å². The summed E-state index contributed by atoms with van der Waals surface area (Å²) < 4.78 is 11.7. The first-order valence-electron chi connectivity index (χ1n) is 8.52. The quantitative estimate of drug-likeness (QED) is 0.349. The van der Waals surface area contributed by atoms with E-state index in [9.17, 15) is 14.4 Å². The first kappa shape index (κ1) is 20.1. The van der Waals surface area contributed by atoms with Crippen LogP contribution in [-0.4, -0.2) is 15.4 Å². The number of hydrogen-bond donors (Lipinski definition) is 2. The number of hydrogen-bond acceptors (Lipinski definition) is 1. The van der Waals surface area contributed by atoms with Crippen LogP contribution in [0.15, 0.2) is 0 Å². The zero-order chi connectivity index (χ0) is 15.4. The molecule has 0 aliphatic carbocycles. The maximum absolute atomic E-state index is 11.7. The normalized spacial score (nSPS) is 15.2. The van der Waals surface area contributed by atoms with Crippen molar-refractivity contribution in [2.75, 3.05) is 0 Å². The molecule has 0 aromatic rings. The molecule has 0 saturated carbocycles. The Labute approximate surface area is 125 Å². The molecule has 0 heterocycles. The van der Waals surface area contributed by atoms with Crippen LogP contribution in [0.2, 0.25) is 0 Å². The molecule has 2 unspecified atom stereocenters. The van der Waals surface area contributed by atoms with Crippen LogP contribution in [0.3, 0.4) is 0 Å². The highest BCUT2D eigenvalue weighted by atomic mass is 31.2. The van der Waals surface area contributed by atoms with Gasteiger partial charge in [0.25, 0.3) is 0 Å². The Bertz CT molecular complexity index is 262. The molecule has 0 rings (SSSR count). The second kappa shape index (κ2) is 11.8. The minimum Gasteiger partial charge on any atom is -0.324 e. The lowest BCUT2D eigenvalue weighted by Gasteiger charge is -2.27. The fourth-order valence-electron chi connectivity index (χ4n) is 2.95. The van der Waals surface area contributed by atoms with E-state index in [0.717, 1.165) is 32.1 Å². The highest BCUT2D eigenvalue weighted by Crippen LogP contribution is 2.49. The van der Waals surface area contributed by atoms with Gasteiger partial charge in [0, 0.05) is 0 Å². The van der Waals surface area contributed by atoms with Crippen LogP contribution in [0.25, 0.3) is 0 Å². The molecule has 0 bridgehead atoms. The van der Waals surface area contributed by atoms with Gasteiger partial charge in [-0.25, -0.2) is 0 Å². The van der Waals surface area contributed by atoms with Crippen molar-refractivity contribution in [2.45, 2.75) is 97.1 Å². The van der Waals surface area contributed by atoms with Gasteiger partial charge >= 0.3 is 7.60 Å². The Morgan fingerprint density at radius 1 is 0.800 bits per heavy atom. The van der Waals surface area contributed by atoms with E-state index in [1.54, 1.807) is 0 Å². The van der Waals surface area contributed by atoms with E-state index in [1.807, 2.05) is 0 Å². The van der Waals surface area contributed by atoms with Crippen LogP contribution < -0.4 is 0 Å². The third-order valence-corrected chi connectivity index (χ3v) is 5.83. The monoisotopic (exact) mass is 306 g/mol. The van der Waals surface area contributed by atoms with Crippen molar-refractivity contribution in [3.63, 3.8) is 0 Å². The molecule has 0 spiro atoms. The SMILES string of the molecule is CCCCCCCCC(CC)C(CCCC)P(=O)(O)O. The van der Waals surface area contributed by atoms with Gasteiger partial charge in [-0.05, 0) is 18.8 Å². The lowest BCUT2D eigenvalue weighted by atomic mass is 9.92. The zero-order valence-corrected chi connectivity index (χ0v) is 14.6. The Kier molecular flexibility index (Phi) is 11.9. The second-order valence-electron chi connectivity index (χ2n) is 6.02. The van der Waals surface area contributed by atoms with E-state index in [4.69, 9.17) is 0 Å². The summed E-state index contributed by atoms with van der Waals surface area (Å²) in [5.41, 5.74) is -0.414. The van der Waals surface area contributed by atoms with Gasteiger partial charge in [-0.1, -0.05) is 78.6 Å². The summed E-state index contributed by atoms with van der Waals surface area (Å²) in [4.78, 5) is 19.2. The first-order valence-corrected chi connectivity index (χ1v) is 10.2. The molecular weight excluding hydrogens is 271 g/mol. The smallest absolute Gasteiger partial charge is 0.324 e. The maximum Gasteiger partial charge on any atom is 0.328 e. The van der Waals surface area contributed by atoms with Crippen molar-refractivity contribution in [1.29, 1.82) is 0 Å². The van der Waals surface area contributed by atoms with E-state index in [-0.39, 0.29) is 5.92 Å². The molecule has 4 heteroatoms. The summed E-state index contributed by atoms with van der Waals surface area (Å²) in [7, 11) is -3.94.